The maximum Gasteiger partial charge on any atom is 0.225 e. The van der Waals surface area contributed by atoms with Gasteiger partial charge in [-0.15, -0.1) is 0 Å². The number of amides is 1. The molecule has 0 spiro atoms. The summed E-state index contributed by atoms with van der Waals surface area (Å²) in [4.78, 5) is 12.3. The van der Waals surface area contributed by atoms with Gasteiger partial charge in [-0.25, -0.2) is 0 Å². The minimum absolute atomic E-state index is 0.0248. The first-order valence-corrected chi connectivity index (χ1v) is 7.03. The van der Waals surface area contributed by atoms with Gasteiger partial charge in [0.25, 0.3) is 0 Å². The van der Waals surface area contributed by atoms with E-state index in [9.17, 15) is 4.79 Å². The first kappa shape index (κ1) is 12.5. The third-order valence-corrected chi connectivity index (χ3v) is 3.90. The quantitative estimate of drug-likeness (QED) is 0.848. The summed E-state index contributed by atoms with van der Waals surface area (Å²) in [5, 5.41) is 6.45. The smallest absolute Gasteiger partial charge is 0.225 e. The van der Waals surface area contributed by atoms with Crippen LogP contribution < -0.4 is 10.6 Å². The highest BCUT2D eigenvalue weighted by Gasteiger charge is 2.26. The molecule has 2 atom stereocenters. The molecule has 0 aromatic heterocycles. The van der Waals surface area contributed by atoms with Crippen LogP contribution in [0.25, 0.3) is 0 Å². The van der Waals surface area contributed by atoms with Gasteiger partial charge in [-0.05, 0) is 30.9 Å². The molecule has 2 N–H and O–H groups in total. The second-order valence-corrected chi connectivity index (χ2v) is 5.36. The fourth-order valence-electron chi connectivity index (χ4n) is 2.80. The number of carbonyl (C=O) groups excluding carboxylic acids is 1. The van der Waals surface area contributed by atoms with Crippen molar-refractivity contribution in [1.29, 1.82) is 0 Å². The summed E-state index contributed by atoms with van der Waals surface area (Å²) >= 11 is 0. The maximum atomic E-state index is 12.3. The molecule has 1 saturated heterocycles. The molecule has 102 valence electrons. The first-order chi connectivity index (χ1) is 9.33. The number of carbonyl (C=O) groups is 1. The lowest BCUT2D eigenvalue weighted by Gasteiger charge is -2.29. The van der Waals surface area contributed by atoms with Gasteiger partial charge in [-0.3, -0.25) is 4.79 Å². The van der Waals surface area contributed by atoms with Crippen molar-refractivity contribution in [2.24, 2.45) is 5.92 Å². The number of para-hydroxylation sites is 1. The molecule has 2 aliphatic rings. The van der Waals surface area contributed by atoms with E-state index in [1.54, 1.807) is 0 Å². The van der Waals surface area contributed by atoms with Crippen molar-refractivity contribution in [3.63, 3.8) is 0 Å². The van der Waals surface area contributed by atoms with E-state index in [0.717, 1.165) is 38.1 Å². The number of anilines is 1. The van der Waals surface area contributed by atoms with Crippen molar-refractivity contribution < 1.29 is 9.53 Å². The fraction of sp³-hybridized carbons (Fsp3) is 0.533. The van der Waals surface area contributed by atoms with Crippen molar-refractivity contribution in [2.45, 2.75) is 25.3 Å². The zero-order chi connectivity index (χ0) is 13.1. The Morgan fingerprint density at radius 1 is 1.37 bits per heavy atom. The summed E-state index contributed by atoms with van der Waals surface area (Å²) in [6.45, 7) is 2.20. The molecular formula is C15H20N2O2. The van der Waals surface area contributed by atoms with Crippen LogP contribution in [0.4, 0.5) is 5.69 Å². The molecule has 3 rings (SSSR count). The Balaban J connectivity index is 1.59. The average molecular weight is 260 g/mol. The zero-order valence-corrected chi connectivity index (χ0v) is 11.0. The molecule has 1 amide bonds. The Bertz CT molecular complexity index is 455. The van der Waals surface area contributed by atoms with E-state index in [1.807, 2.05) is 12.1 Å². The predicted octanol–water partition coefficient (Wildman–Crippen LogP) is 1.57. The molecule has 0 radical (unpaired) electrons. The number of ether oxygens (including phenoxy) is 1. The number of rotatable bonds is 2. The molecule has 2 unspecified atom stereocenters. The normalized spacial score (nSPS) is 26.1. The molecule has 0 saturated carbocycles. The Morgan fingerprint density at radius 2 is 2.26 bits per heavy atom. The van der Waals surface area contributed by atoms with Crippen LogP contribution in [0.1, 0.15) is 18.4 Å². The average Bonchev–Trinajstić information content (AvgIpc) is 2.48. The third-order valence-electron chi connectivity index (χ3n) is 3.90. The Hall–Kier alpha value is -1.55. The van der Waals surface area contributed by atoms with Gasteiger partial charge in [0.2, 0.25) is 5.91 Å². The second-order valence-electron chi connectivity index (χ2n) is 5.36. The van der Waals surface area contributed by atoms with Crippen LogP contribution in [0.5, 0.6) is 0 Å². The van der Waals surface area contributed by atoms with Crippen LogP contribution >= 0.6 is 0 Å². The van der Waals surface area contributed by atoms with Gasteiger partial charge in [0.15, 0.2) is 0 Å². The van der Waals surface area contributed by atoms with Crippen LogP contribution in [0, 0.1) is 5.92 Å². The van der Waals surface area contributed by atoms with Crippen LogP contribution in [0.15, 0.2) is 24.3 Å². The van der Waals surface area contributed by atoms with Gasteiger partial charge < -0.3 is 15.4 Å². The largest absolute Gasteiger partial charge is 0.384 e. The number of hydrogen-bond acceptors (Lipinski definition) is 3. The van der Waals surface area contributed by atoms with Gasteiger partial charge >= 0.3 is 0 Å². The predicted molar refractivity (Wildman–Crippen MR) is 74.1 cm³/mol. The third kappa shape index (κ3) is 2.89. The Kier molecular flexibility index (Phi) is 3.69. The Labute approximate surface area is 113 Å². The molecular weight excluding hydrogens is 240 g/mol. The van der Waals surface area contributed by atoms with E-state index in [4.69, 9.17) is 4.74 Å². The summed E-state index contributed by atoms with van der Waals surface area (Å²) < 4.78 is 5.40. The SMILES string of the molecule is O=C(NC1CCCOC1)C1CNc2ccccc2C1. The number of hydrogen-bond donors (Lipinski definition) is 2. The van der Waals surface area contributed by atoms with E-state index in [2.05, 4.69) is 22.8 Å². The number of fused-ring (bicyclic) bond motifs is 1. The van der Waals surface area contributed by atoms with E-state index >= 15 is 0 Å². The molecule has 2 heterocycles. The monoisotopic (exact) mass is 260 g/mol. The molecule has 4 nitrogen and oxygen atoms in total. The lowest BCUT2D eigenvalue weighted by molar-refractivity contribution is -0.126. The molecule has 1 aromatic rings. The van der Waals surface area contributed by atoms with Gasteiger partial charge in [0.1, 0.15) is 0 Å². The van der Waals surface area contributed by atoms with Crippen molar-refractivity contribution in [3.05, 3.63) is 29.8 Å². The van der Waals surface area contributed by atoms with Gasteiger partial charge in [-0.1, -0.05) is 18.2 Å². The van der Waals surface area contributed by atoms with Gasteiger partial charge in [0.05, 0.1) is 18.6 Å². The minimum atomic E-state index is 0.0248. The van der Waals surface area contributed by atoms with Gasteiger partial charge in [0, 0.05) is 18.8 Å². The topological polar surface area (TPSA) is 50.4 Å². The molecule has 1 aromatic carbocycles. The minimum Gasteiger partial charge on any atom is -0.384 e. The summed E-state index contributed by atoms with van der Waals surface area (Å²) in [5.41, 5.74) is 2.39. The summed E-state index contributed by atoms with van der Waals surface area (Å²) in [6, 6.07) is 8.39. The van der Waals surface area contributed by atoms with Crippen LogP contribution in [-0.2, 0) is 16.0 Å². The first-order valence-electron chi connectivity index (χ1n) is 7.03. The van der Waals surface area contributed by atoms with E-state index in [0.29, 0.717) is 6.61 Å². The van der Waals surface area contributed by atoms with Crippen molar-refractivity contribution >= 4 is 11.6 Å². The number of benzene rings is 1. The van der Waals surface area contributed by atoms with Crippen LogP contribution in [0.3, 0.4) is 0 Å². The van der Waals surface area contributed by atoms with E-state index in [1.165, 1.54) is 5.56 Å². The zero-order valence-electron chi connectivity index (χ0n) is 11.0. The maximum absolute atomic E-state index is 12.3. The molecule has 0 bridgehead atoms. The highest BCUT2D eigenvalue weighted by atomic mass is 16.5. The summed E-state index contributed by atoms with van der Waals surface area (Å²) in [7, 11) is 0. The van der Waals surface area contributed by atoms with Crippen LogP contribution in [0.2, 0.25) is 0 Å². The second kappa shape index (κ2) is 5.61. The molecule has 2 aliphatic heterocycles. The molecule has 1 fully saturated rings. The van der Waals surface area contributed by atoms with Crippen LogP contribution in [-0.4, -0.2) is 31.7 Å². The van der Waals surface area contributed by atoms with Crippen molar-refractivity contribution in [1.82, 2.24) is 5.32 Å². The molecule has 4 heteroatoms. The van der Waals surface area contributed by atoms with Crippen molar-refractivity contribution in [3.8, 4) is 0 Å². The molecule has 0 aliphatic carbocycles. The lowest BCUT2D eigenvalue weighted by atomic mass is 9.93. The highest BCUT2D eigenvalue weighted by Crippen LogP contribution is 2.24. The van der Waals surface area contributed by atoms with Gasteiger partial charge in [-0.2, -0.15) is 0 Å². The lowest BCUT2D eigenvalue weighted by Crippen LogP contribution is -2.46. The standard InChI is InChI=1S/C15H20N2O2/c18-15(17-13-5-3-7-19-10-13)12-8-11-4-1-2-6-14(11)16-9-12/h1-2,4,6,12-13,16H,3,5,7-10H2,(H,17,18). The number of nitrogens with one attached hydrogen (secondary N) is 2. The summed E-state index contributed by atoms with van der Waals surface area (Å²) in [5.74, 6) is 0.175. The summed E-state index contributed by atoms with van der Waals surface area (Å²) in [6.07, 6.45) is 2.89. The molecule has 19 heavy (non-hydrogen) atoms. The Morgan fingerprint density at radius 3 is 3.11 bits per heavy atom. The van der Waals surface area contributed by atoms with E-state index in [-0.39, 0.29) is 17.9 Å². The van der Waals surface area contributed by atoms with E-state index < -0.39 is 0 Å². The fourth-order valence-corrected chi connectivity index (χ4v) is 2.80. The van der Waals surface area contributed by atoms with Crippen molar-refractivity contribution in [2.75, 3.05) is 25.1 Å². The highest BCUT2D eigenvalue weighted by molar-refractivity contribution is 5.81.